The van der Waals surface area contributed by atoms with Gasteiger partial charge in [0.1, 0.15) is 0 Å². The zero-order valence-electron chi connectivity index (χ0n) is 19.8. The molecular weight excluding hydrogens is 436 g/mol. The fourth-order valence-electron chi connectivity index (χ4n) is 4.73. The first-order chi connectivity index (χ1) is 15.9. The maximum absolute atomic E-state index is 13.3. The number of amides is 1. The Kier molecular flexibility index (Phi) is 7.24. The van der Waals surface area contributed by atoms with Gasteiger partial charge in [0.25, 0.3) is 0 Å². The quantitative estimate of drug-likeness (QED) is 0.592. The molecule has 3 aliphatic heterocycles. The molecule has 0 spiro atoms. The highest BCUT2D eigenvalue weighted by Crippen LogP contribution is 2.45. The van der Waals surface area contributed by atoms with E-state index in [-0.39, 0.29) is 30.4 Å². The molecule has 4 rings (SSSR count). The molecule has 0 saturated carbocycles. The number of ether oxygens (including phenoxy) is 1. The zero-order chi connectivity index (χ0) is 23.5. The number of esters is 1. The van der Waals surface area contributed by atoms with Crippen molar-refractivity contribution in [2.45, 2.75) is 44.7 Å². The number of fused-ring (bicyclic) bond motifs is 1. The van der Waals surface area contributed by atoms with Gasteiger partial charge in [-0.15, -0.1) is 0 Å². The van der Waals surface area contributed by atoms with Crippen LogP contribution in [0.1, 0.15) is 44.2 Å². The van der Waals surface area contributed by atoms with Gasteiger partial charge < -0.3 is 19.4 Å². The van der Waals surface area contributed by atoms with Crippen LogP contribution in [0.2, 0.25) is 0 Å². The third kappa shape index (κ3) is 4.73. The Morgan fingerprint density at radius 2 is 1.91 bits per heavy atom. The van der Waals surface area contributed by atoms with E-state index in [4.69, 9.17) is 9.73 Å². The van der Waals surface area contributed by atoms with Crippen molar-refractivity contribution in [1.82, 2.24) is 14.7 Å². The number of likely N-dealkylation sites (tertiary alicyclic amines) is 1. The van der Waals surface area contributed by atoms with Crippen molar-refractivity contribution >= 4 is 28.8 Å². The number of allylic oxidation sites excluding steroid dienone is 1. The predicted octanol–water partition coefficient (Wildman–Crippen LogP) is 3.77. The SMILES string of the molecule is CCC1=C(C(=O)OC)C(c2ccccc2)N2C(CC(=O)N(C)C3CCN(C)CC3)=CSC2=N1. The van der Waals surface area contributed by atoms with Gasteiger partial charge >= 0.3 is 5.97 Å². The number of thioether (sulfide) groups is 1. The average molecular weight is 469 g/mol. The Hall–Kier alpha value is -2.58. The molecule has 1 saturated heterocycles. The van der Waals surface area contributed by atoms with Crippen molar-refractivity contribution in [3.05, 3.63) is 58.3 Å². The van der Waals surface area contributed by atoms with E-state index in [0.717, 1.165) is 48.1 Å². The molecule has 1 fully saturated rings. The largest absolute Gasteiger partial charge is 0.466 e. The molecule has 0 N–H and O–H groups in total. The first-order valence-electron chi connectivity index (χ1n) is 11.5. The topological polar surface area (TPSA) is 65.5 Å². The van der Waals surface area contributed by atoms with E-state index in [1.807, 2.05) is 59.5 Å². The van der Waals surface area contributed by atoms with Crippen LogP contribution < -0.4 is 0 Å². The van der Waals surface area contributed by atoms with E-state index < -0.39 is 0 Å². The minimum atomic E-state index is -0.380. The summed E-state index contributed by atoms with van der Waals surface area (Å²) in [6.07, 6.45) is 2.88. The molecule has 0 aliphatic carbocycles. The minimum absolute atomic E-state index is 0.0920. The lowest BCUT2D eigenvalue weighted by Gasteiger charge is -2.38. The molecule has 0 aromatic heterocycles. The van der Waals surface area contributed by atoms with Crippen LogP contribution in [0.5, 0.6) is 0 Å². The second-order valence-electron chi connectivity index (χ2n) is 8.73. The number of rotatable bonds is 6. The fraction of sp³-hybridized carbons (Fsp3) is 0.480. The molecule has 0 radical (unpaired) electrons. The predicted molar refractivity (Wildman–Crippen MR) is 131 cm³/mol. The van der Waals surface area contributed by atoms with Gasteiger partial charge in [-0.3, -0.25) is 4.79 Å². The van der Waals surface area contributed by atoms with Crippen LogP contribution in [0.4, 0.5) is 0 Å². The van der Waals surface area contributed by atoms with Crippen LogP contribution in [-0.4, -0.2) is 72.1 Å². The number of carbonyl (C=O) groups is 2. The van der Waals surface area contributed by atoms with Crippen molar-refractivity contribution in [3.63, 3.8) is 0 Å². The molecule has 176 valence electrons. The lowest BCUT2D eigenvalue weighted by molar-refractivity contribution is -0.136. The number of amidine groups is 1. The highest BCUT2D eigenvalue weighted by Gasteiger charge is 2.41. The number of piperidine rings is 1. The highest BCUT2D eigenvalue weighted by molar-refractivity contribution is 8.16. The Morgan fingerprint density at radius 3 is 2.55 bits per heavy atom. The van der Waals surface area contributed by atoms with Gasteiger partial charge in [-0.1, -0.05) is 49.0 Å². The summed E-state index contributed by atoms with van der Waals surface area (Å²) in [4.78, 5) is 37.2. The minimum Gasteiger partial charge on any atom is -0.466 e. The van der Waals surface area contributed by atoms with Crippen molar-refractivity contribution in [1.29, 1.82) is 0 Å². The zero-order valence-corrected chi connectivity index (χ0v) is 20.6. The first-order valence-corrected chi connectivity index (χ1v) is 12.4. The summed E-state index contributed by atoms with van der Waals surface area (Å²) in [6.45, 7) is 4.01. The maximum Gasteiger partial charge on any atom is 0.338 e. The molecule has 33 heavy (non-hydrogen) atoms. The molecule has 1 atom stereocenters. The highest BCUT2D eigenvalue weighted by atomic mass is 32.2. The fourth-order valence-corrected chi connectivity index (χ4v) is 5.67. The second-order valence-corrected chi connectivity index (χ2v) is 9.56. The van der Waals surface area contributed by atoms with E-state index in [9.17, 15) is 9.59 Å². The monoisotopic (exact) mass is 468 g/mol. The van der Waals surface area contributed by atoms with Gasteiger partial charge in [0.2, 0.25) is 5.91 Å². The van der Waals surface area contributed by atoms with Crippen LogP contribution in [0.15, 0.2) is 57.7 Å². The summed E-state index contributed by atoms with van der Waals surface area (Å²) in [6, 6.07) is 9.80. The van der Waals surface area contributed by atoms with Crippen molar-refractivity contribution in [2.24, 2.45) is 4.99 Å². The number of carbonyl (C=O) groups excluding carboxylic acids is 2. The Labute approximate surface area is 200 Å². The maximum atomic E-state index is 13.3. The molecule has 7 nitrogen and oxygen atoms in total. The first kappa shape index (κ1) is 23.6. The molecule has 1 unspecified atom stereocenters. The van der Waals surface area contributed by atoms with Crippen molar-refractivity contribution in [2.75, 3.05) is 34.3 Å². The summed E-state index contributed by atoms with van der Waals surface area (Å²) < 4.78 is 5.17. The molecule has 0 bridgehead atoms. The standard InChI is InChI=1S/C25H32N4O3S/c1-5-20-22(24(31)32-4)23(17-9-7-6-8-10-17)29-19(16-33-25(29)26-20)15-21(30)28(3)18-11-13-27(2)14-12-18/h6-10,16,18,23H,5,11-15H2,1-4H3. The van der Waals surface area contributed by atoms with Crippen LogP contribution in [0.25, 0.3) is 0 Å². The van der Waals surface area contributed by atoms with Crippen LogP contribution in [0.3, 0.4) is 0 Å². The summed E-state index contributed by atoms with van der Waals surface area (Å²) >= 11 is 1.51. The van der Waals surface area contributed by atoms with E-state index in [1.54, 1.807) is 0 Å². The van der Waals surface area contributed by atoms with Crippen molar-refractivity contribution < 1.29 is 14.3 Å². The second kappa shape index (κ2) is 10.1. The van der Waals surface area contributed by atoms with E-state index in [1.165, 1.54) is 18.9 Å². The lowest BCUT2D eigenvalue weighted by Crippen LogP contribution is -2.45. The Bertz CT molecular complexity index is 996. The number of methoxy groups -OCH3 is 1. The number of hydrogen-bond donors (Lipinski definition) is 0. The van der Waals surface area contributed by atoms with Crippen LogP contribution in [-0.2, 0) is 14.3 Å². The van der Waals surface area contributed by atoms with E-state index >= 15 is 0 Å². The third-order valence-corrected chi connectivity index (χ3v) is 7.59. The lowest BCUT2D eigenvalue weighted by atomic mass is 9.93. The molecule has 1 amide bonds. The van der Waals surface area contributed by atoms with E-state index in [2.05, 4.69) is 11.9 Å². The molecule has 1 aromatic rings. The molecule has 3 heterocycles. The number of aliphatic imine (C=N–C) groups is 1. The molecule has 8 heteroatoms. The van der Waals surface area contributed by atoms with E-state index in [0.29, 0.717) is 12.0 Å². The third-order valence-electron chi connectivity index (χ3n) is 6.71. The van der Waals surface area contributed by atoms with Crippen LogP contribution in [0, 0.1) is 0 Å². The van der Waals surface area contributed by atoms with Crippen LogP contribution >= 0.6 is 11.8 Å². The number of hydrogen-bond acceptors (Lipinski definition) is 7. The number of nitrogens with zero attached hydrogens (tertiary/aromatic N) is 4. The van der Waals surface area contributed by atoms with Gasteiger partial charge in [0, 0.05) is 18.8 Å². The van der Waals surface area contributed by atoms with Gasteiger partial charge in [0.05, 0.1) is 30.8 Å². The Morgan fingerprint density at radius 1 is 1.21 bits per heavy atom. The average Bonchev–Trinajstić information content (AvgIpc) is 3.24. The molecular formula is C25H32N4O3S. The smallest absolute Gasteiger partial charge is 0.338 e. The van der Waals surface area contributed by atoms with Crippen molar-refractivity contribution in [3.8, 4) is 0 Å². The summed E-state index contributed by atoms with van der Waals surface area (Å²) in [5.41, 5.74) is 3.12. The summed E-state index contributed by atoms with van der Waals surface area (Å²) in [7, 11) is 5.44. The number of benzene rings is 1. The summed E-state index contributed by atoms with van der Waals surface area (Å²) in [5, 5.41) is 2.81. The van der Waals surface area contributed by atoms with Gasteiger partial charge in [-0.25, -0.2) is 9.79 Å². The van der Waals surface area contributed by atoms with Gasteiger partial charge in [-0.05, 0) is 50.4 Å². The van der Waals surface area contributed by atoms with Gasteiger partial charge in [-0.2, -0.15) is 0 Å². The molecule has 1 aromatic carbocycles. The summed E-state index contributed by atoms with van der Waals surface area (Å²) in [5.74, 6) is -0.288. The van der Waals surface area contributed by atoms with Gasteiger partial charge in [0.15, 0.2) is 5.17 Å². The normalized spacial score (nSPS) is 21.5. The molecule has 3 aliphatic rings. The Balaban J connectivity index is 1.62.